The maximum Gasteiger partial charge on any atom is 0.305 e. The van der Waals surface area contributed by atoms with Crippen molar-refractivity contribution in [1.29, 1.82) is 0 Å². The smallest absolute Gasteiger partial charge is 0.305 e. The molecule has 2 rings (SSSR count). The first-order chi connectivity index (χ1) is 10.0. The van der Waals surface area contributed by atoms with Gasteiger partial charge in [0.15, 0.2) is 0 Å². The second-order valence-corrected chi connectivity index (χ2v) is 5.72. The van der Waals surface area contributed by atoms with Crippen molar-refractivity contribution in [1.82, 2.24) is 20.5 Å². The standard InChI is InChI=1S/C14H22N4O3/c1-2-6-10-15-12(18-17-10)13(21)16-14(9-11(19)20)7-4-3-5-8-14/h2-9H2,1H3,(H,16,21)(H,19,20)(H,15,17,18). The van der Waals surface area contributed by atoms with E-state index in [1.165, 1.54) is 0 Å². The van der Waals surface area contributed by atoms with Crippen molar-refractivity contribution >= 4 is 11.9 Å². The van der Waals surface area contributed by atoms with Crippen molar-refractivity contribution in [2.45, 2.75) is 63.8 Å². The van der Waals surface area contributed by atoms with Crippen LogP contribution < -0.4 is 5.32 Å². The van der Waals surface area contributed by atoms with Crippen LogP contribution in [-0.4, -0.2) is 37.7 Å². The summed E-state index contributed by atoms with van der Waals surface area (Å²) in [5.41, 5.74) is -0.660. The molecule has 116 valence electrons. The van der Waals surface area contributed by atoms with Gasteiger partial charge in [0, 0.05) is 6.42 Å². The van der Waals surface area contributed by atoms with E-state index in [4.69, 9.17) is 5.11 Å². The van der Waals surface area contributed by atoms with Gasteiger partial charge in [-0.15, -0.1) is 5.10 Å². The second kappa shape index (κ2) is 6.69. The van der Waals surface area contributed by atoms with Crippen molar-refractivity contribution in [3.63, 3.8) is 0 Å². The first-order valence-corrected chi connectivity index (χ1v) is 7.50. The SMILES string of the molecule is CCCc1nc(C(=O)NC2(CC(=O)O)CCCCC2)n[nH]1. The van der Waals surface area contributed by atoms with Gasteiger partial charge in [-0.25, -0.2) is 4.98 Å². The van der Waals surface area contributed by atoms with Gasteiger partial charge < -0.3 is 10.4 Å². The highest BCUT2D eigenvalue weighted by Gasteiger charge is 2.36. The molecule has 0 radical (unpaired) electrons. The monoisotopic (exact) mass is 294 g/mol. The molecule has 3 N–H and O–H groups in total. The van der Waals surface area contributed by atoms with Gasteiger partial charge in [-0.2, -0.15) is 0 Å². The molecule has 1 saturated carbocycles. The van der Waals surface area contributed by atoms with E-state index in [0.717, 1.165) is 32.1 Å². The average Bonchev–Trinajstić information content (AvgIpc) is 2.88. The molecule has 7 heteroatoms. The van der Waals surface area contributed by atoms with E-state index in [1.807, 2.05) is 6.92 Å². The molecule has 21 heavy (non-hydrogen) atoms. The van der Waals surface area contributed by atoms with Crippen LogP contribution in [0.5, 0.6) is 0 Å². The van der Waals surface area contributed by atoms with Gasteiger partial charge in [-0.1, -0.05) is 26.2 Å². The molecule has 1 heterocycles. The molecule has 1 aliphatic carbocycles. The van der Waals surface area contributed by atoms with Crippen LogP contribution in [0.25, 0.3) is 0 Å². The normalized spacial score (nSPS) is 17.4. The Balaban J connectivity index is 2.07. The number of nitrogens with zero attached hydrogens (tertiary/aromatic N) is 2. The van der Waals surface area contributed by atoms with Crippen molar-refractivity contribution in [2.75, 3.05) is 0 Å². The highest BCUT2D eigenvalue weighted by atomic mass is 16.4. The quantitative estimate of drug-likeness (QED) is 0.739. The summed E-state index contributed by atoms with van der Waals surface area (Å²) in [7, 11) is 0. The summed E-state index contributed by atoms with van der Waals surface area (Å²) in [5, 5.41) is 18.6. The zero-order valence-electron chi connectivity index (χ0n) is 12.3. The minimum atomic E-state index is -0.890. The summed E-state index contributed by atoms with van der Waals surface area (Å²) >= 11 is 0. The summed E-state index contributed by atoms with van der Waals surface area (Å²) in [6, 6.07) is 0. The Morgan fingerprint density at radius 1 is 1.33 bits per heavy atom. The summed E-state index contributed by atoms with van der Waals surface area (Å²) < 4.78 is 0. The third-order valence-corrected chi connectivity index (χ3v) is 3.90. The minimum absolute atomic E-state index is 0.0506. The lowest BCUT2D eigenvalue weighted by Crippen LogP contribution is -2.51. The van der Waals surface area contributed by atoms with Gasteiger partial charge in [-0.3, -0.25) is 14.7 Å². The number of carboxylic acids is 1. The van der Waals surface area contributed by atoms with Crippen LogP contribution in [0.15, 0.2) is 0 Å². The summed E-state index contributed by atoms with van der Waals surface area (Å²) in [4.78, 5) is 27.5. The molecule has 0 spiro atoms. The lowest BCUT2D eigenvalue weighted by Gasteiger charge is -2.36. The fourth-order valence-electron chi connectivity index (χ4n) is 2.91. The van der Waals surface area contributed by atoms with Crippen molar-refractivity contribution in [3.8, 4) is 0 Å². The first kappa shape index (κ1) is 15.5. The van der Waals surface area contributed by atoms with Crippen LogP contribution in [0.3, 0.4) is 0 Å². The van der Waals surface area contributed by atoms with Gasteiger partial charge >= 0.3 is 5.97 Å². The fraction of sp³-hybridized carbons (Fsp3) is 0.714. The number of carboxylic acid groups (broad SMARTS) is 1. The molecule has 0 unspecified atom stereocenters. The molecule has 1 aromatic rings. The number of carbonyl (C=O) groups excluding carboxylic acids is 1. The third-order valence-electron chi connectivity index (χ3n) is 3.90. The van der Waals surface area contributed by atoms with E-state index < -0.39 is 17.4 Å². The van der Waals surface area contributed by atoms with Gasteiger partial charge in [0.2, 0.25) is 5.82 Å². The number of aliphatic carboxylic acids is 1. The second-order valence-electron chi connectivity index (χ2n) is 5.72. The lowest BCUT2D eigenvalue weighted by molar-refractivity contribution is -0.139. The summed E-state index contributed by atoms with van der Waals surface area (Å²) in [6.45, 7) is 2.02. The summed E-state index contributed by atoms with van der Waals surface area (Å²) in [5.74, 6) is -0.511. The topological polar surface area (TPSA) is 108 Å². The minimum Gasteiger partial charge on any atom is -0.481 e. The third kappa shape index (κ3) is 4.03. The number of aromatic nitrogens is 3. The first-order valence-electron chi connectivity index (χ1n) is 7.50. The number of H-pyrrole nitrogens is 1. The van der Waals surface area contributed by atoms with Crippen LogP contribution in [-0.2, 0) is 11.2 Å². The number of rotatable bonds is 6. The molecule has 0 bridgehead atoms. The number of amides is 1. The largest absolute Gasteiger partial charge is 0.481 e. The number of carbonyl (C=O) groups is 2. The van der Waals surface area contributed by atoms with Crippen molar-refractivity contribution in [3.05, 3.63) is 11.6 Å². The molecular formula is C14H22N4O3. The van der Waals surface area contributed by atoms with E-state index in [-0.39, 0.29) is 12.2 Å². The lowest BCUT2D eigenvalue weighted by atomic mass is 9.79. The zero-order chi connectivity index (χ0) is 15.3. The number of aryl methyl sites for hydroxylation is 1. The predicted molar refractivity (Wildman–Crippen MR) is 75.9 cm³/mol. The van der Waals surface area contributed by atoms with Crippen LogP contribution in [0.2, 0.25) is 0 Å². The Kier molecular flexibility index (Phi) is 4.93. The molecule has 1 aliphatic rings. The molecule has 0 atom stereocenters. The molecule has 1 aromatic heterocycles. The van der Waals surface area contributed by atoms with E-state index >= 15 is 0 Å². The van der Waals surface area contributed by atoms with Crippen LogP contribution in [0, 0.1) is 0 Å². The van der Waals surface area contributed by atoms with Gasteiger partial charge in [0.05, 0.1) is 12.0 Å². The molecule has 7 nitrogen and oxygen atoms in total. The Morgan fingerprint density at radius 2 is 2.05 bits per heavy atom. The Morgan fingerprint density at radius 3 is 2.67 bits per heavy atom. The van der Waals surface area contributed by atoms with Crippen LogP contribution in [0.4, 0.5) is 0 Å². The molecular weight excluding hydrogens is 272 g/mol. The Labute approximate surface area is 123 Å². The number of aromatic amines is 1. The number of nitrogens with one attached hydrogen (secondary N) is 2. The van der Waals surface area contributed by atoms with E-state index in [0.29, 0.717) is 18.7 Å². The van der Waals surface area contributed by atoms with E-state index in [9.17, 15) is 9.59 Å². The van der Waals surface area contributed by atoms with Gasteiger partial charge in [-0.05, 0) is 19.3 Å². The highest BCUT2D eigenvalue weighted by molar-refractivity contribution is 5.91. The van der Waals surface area contributed by atoms with Gasteiger partial charge in [0.25, 0.3) is 5.91 Å². The highest BCUT2D eigenvalue weighted by Crippen LogP contribution is 2.31. The van der Waals surface area contributed by atoms with Crippen molar-refractivity contribution < 1.29 is 14.7 Å². The zero-order valence-corrected chi connectivity index (χ0v) is 12.3. The molecule has 0 aromatic carbocycles. The molecule has 1 fully saturated rings. The molecule has 0 aliphatic heterocycles. The van der Waals surface area contributed by atoms with Crippen LogP contribution in [0.1, 0.15) is 68.3 Å². The fourth-order valence-corrected chi connectivity index (χ4v) is 2.91. The maximum absolute atomic E-state index is 12.3. The number of hydrogen-bond donors (Lipinski definition) is 3. The maximum atomic E-state index is 12.3. The van der Waals surface area contributed by atoms with E-state index in [1.54, 1.807) is 0 Å². The Hall–Kier alpha value is -1.92. The molecule has 0 saturated heterocycles. The Bertz CT molecular complexity index is 506. The van der Waals surface area contributed by atoms with Crippen LogP contribution >= 0.6 is 0 Å². The summed E-state index contributed by atoms with van der Waals surface area (Å²) in [6.07, 6.45) is 5.93. The van der Waals surface area contributed by atoms with Crippen molar-refractivity contribution in [2.24, 2.45) is 0 Å². The number of hydrogen-bond acceptors (Lipinski definition) is 4. The predicted octanol–water partition coefficient (Wildman–Crippen LogP) is 1.66. The average molecular weight is 294 g/mol. The van der Waals surface area contributed by atoms with Gasteiger partial charge in [0.1, 0.15) is 5.82 Å². The van der Waals surface area contributed by atoms with E-state index in [2.05, 4.69) is 20.5 Å². The molecule has 1 amide bonds.